The largest absolute Gasteiger partial charge is 0.390 e. The van der Waals surface area contributed by atoms with Gasteiger partial charge in [0.15, 0.2) is 5.78 Å². The number of nitrogens with two attached hydrogens (primary N) is 1. The van der Waals surface area contributed by atoms with Crippen molar-refractivity contribution in [3.63, 3.8) is 0 Å². The SMILES string of the molecule is CCCCC(CC(=O)/C=C(\C)c1ccc(C)cc1)C(=O)N1CC[C@H](O)[C@H]1C(=O)N[C@H](C)CCC(N)=O. The molecular formula is C28H41N3O5. The van der Waals surface area contributed by atoms with Gasteiger partial charge in [0.25, 0.3) is 0 Å². The second-order valence-corrected chi connectivity index (χ2v) is 9.95. The number of hydrogen-bond acceptors (Lipinski definition) is 5. The smallest absolute Gasteiger partial charge is 0.245 e. The zero-order chi connectivity index (χ0) is 26.8. The van der Waals surface area contributed by atoms with E-state index in [1.807, 2.05) is 45.0 Å². The summed E-state index contributed by atoms with van der Waals surface area (Å²) in [6.07, 6.45) is 3.64. The number of likely N-dealkylation sites (tertiary alicyclic amines) is 1. The summed E-state index contributed by atoms with van der Waals surface area (Å²) in [7, 11) is 0. The van der Waals surface area contributed by atoms with E-state index in [9.17, 15) is 24.3 Å². The van der Waals surface area contributed by atoms with Crippen LogP contribution in [0.5, 0.6) is 0 Å². The number of nitrogens with one attached hydrogen (secondary N) is 1. The first-order chi connectivity index (χ1) is 17.0. The Hall–Kier alpha value is -3.00. The van der Waals surface area contributed by atoms with Crippen LogP contribution in [0, 0.1) is 12.8 Å². The molecule has 198 valence electrons. The van der Waals surface area contributed by atoms with Crippen molar-refractivity contribution in [3.05, 3.63) is 41.5 Å². The molecule has 1 unspecified atom stereocenters. The van der Waals surface area contributed by atoms with E-state index in [1.165, 1.54) is 4.90 Å². The Morgan fingerprint density at radius 1 is 1.19 bits per heavy atom. The zero-order valence-corrected chi connectivity index (χ0v) is 22.0. The number of aryl methyl sites for hydroxylation is 1. The lowest BCUT2D eigenvalue weighted by Crippen LogP contribution is -2.53. The minimum absolute atomic E-state index is 0.0536. The van der Waals surface area contributed by atoms with E-state index in [0.29, 0.717) is 19.3 Å². The first kappa shape index (κ1) is 29.2. The van der Waals surface area contributed by atoms with Crippen LogP contribution in [0.15, 0.2) is 30.3 Å². The number of amides is 3. The summed E-state index contributed by atoms with van der Waals surface area (Å²) in [5.74, 6) is -1.89. The first-order valence-corrected chi connectivity index (χ1v) is 12.9. The molecule has 1 aromatic carbocycles. The summed E-state index contributed by atoms with van der Waals surface area (Å²) < 4.78 is 0. The first-order valence-electron chi connectivity index (χ1n) is 12.9. The summed E-state index contributed by atoms with van der Waals surface area (Å²) in [5.41, 5.74) is 8.11. The minimum Gasteiger partial charge on any atom is -0.390 e. The number of benzene rings is 1. The van der Waals surface area contributed by atoms with Crippen LogP contribution >= 0.6 is 0 Å². The second kappa shape index (κ2) is 13.9. The van der Waals surface area contributed by atoms with Crippen LogP contribution < -0.4 is 11.1 Å². The van der Waals surface area contributed by atoms with Crippen LogP contribution in [0.4, 0.5) is 0 Å². The number of carbonyl (C=O) groups excluding carboxylic acids is 4. The van der Waals surface area contributed by atoms with Gasteiger partial charge >= 0.3 is 0 Å². The average Bonchev–Trinajstić information content (AvgIpc) is 3.21. The Morgan fingerprint density at radius 3 is 2.47 bits per heavy atom. The molecular weight excluding hydrogens is 458 g/mol. The predicted molar refractivity (Wildman–Crippen MR) is 140 cm³/mol. The number of allylic oxidation sites excluding steroid dienone is 2. The molecule has 1 aliphatic heterocycles. The fourth-order valence-electron chi connectivity index (χ4n) is 4.54. The highest BCUT2D eigenvalue weighted by atomic mass is 16.3. The highest BCUT2D eigenvalue weighted by Crippen LogP contribution is 2.26. The maximum atomic E-state index is 13.5. The molecule has 3 amide bonds. The maximum absolute atomic E-state index is 13.5. The monoisotopic (exact) mass is 499 g/mol. The van der Waals surface area contributed by atoms with Crippen molar-refractivity contribution in [2.75, 3.05) is 6.54 Å². The Kier molecular flexibility index (Phi) is 11.3. The Balaban J connectivity index is 2.13. The summed E-state index contributed by atoms with van der Waals surface area (Å²) in [4.78, 5) is 51.9. The molecule has 1 aliphatic rings. The quantitative estimate of drug-likeness (QED) is 0.359. The number of nitrogens with zero attached hydrogens (tertiary/aromatic N) is 1. The standard InChI is InChI=1S/C28H41N3O5/c1-5-6-7-22(17-23(32)16-19(3)21-11-8-18(2)9-12-21)28(36)31-15-14-24(33)26(31)27(35)30-20(4)10-13-25(29)34/h8-9,11-12,16,20,22,24,26,33H,5-7,10,13-15,17H2,1-4H3,(H2,29,34)(H,30,35)/b19-16+/t20-,22?,24+,26+/m1/s1. The molecule has 36 heavy (non-hydrogen) atoms. The molecule has 0 radical (unpaired) electrons. The molecule has 1 aromatic rings. The summed E-state index contributed by atoms with van der Waals surface area (Å²) >= 11 is 0. The van der Waals surface area contributed by atoms with E-state index < -0.39 is 29.9 Å². The van der Waals surface area contributed by atoms with Crippen molar-refractivity contribution in [3.8, 4) is 0 Å². The van der Waals surface area contributed by atoms with E-state index in [1.54, 1.807) is 13.0 Å². The summed E-state index contributed by atoms with van der Waals surface area (Å²) in [6, 6.07) is 6.56. The van der Waals surface area contributed by atoms with Gasteiger partial charge in [0.2, 0.25) is 17.7 Å². The van der Waals surface area contributed by atoms with Crippen molar-refractivity contribution in [1.29, 1.82) is 0 Å². The van der Waals surface area contributed by atoms with Gasteiger partial charge in [-0.05, 0) is 57.2 Å². The number of ketones is 1. The van der Waals surface area contributed by atoms with Gasteiger partial charge in [-0.25, -0.2) is 0 Å². The molecule has 1 fully saturated rings. The van der Waals surface area contributed by atoms with E-state index in [0.717, 1.165) is 29.5 Å². The molecule has 4 N–H and O–H groups in total. The molecule has 1 heterocycles. The van der Waals surface area contributed by atoms with Crippen LogP contribution in [0.2, 0.25) is 0 Å². The molecule has 0 aliphatic carbocycles. The van der Waals surface area contributed by atoms with Crippen LogP contribution in [0.3, 0.4) is 0 Å². The van der Waals surface area contributed by atoms with Gasteiger partial charge in [0.1, 0.15) is 6.04 Å². The number of unbranched alkanes of at least 4 members (excludes halogenated alkanes) is 1. The number of carbonyl (C=O) groups is 4. The van der Waals surface area contributed by atoms with Crippen molar-refractivity contribution in [2.24, 2.45) is 11.7 Å². The fourth-order valence-corrected chi connectivity index (χ4v) is 4.54. The van der Waals surface area contributed by atoms with E-state index in [2.05, 4.69) is 5.32 Å². The molecule has 0 saturated carbocycles. The fraction of sp³-hybridized carbons (Fsp3) is 0.571. The molecule has 1 saturated heterocycles. The molecule has 4 atom stereocenters. The number of hydrogen-bond donors (Lipinski definition) is 3. The van der Waals surface area contributed by atoms with Gasteiger partial charge < -0.3 is 21.1 Å². The van der Waals surface area contributed by atoms with Crippen molar-refractivity contribution in [1.82, 2.24) is 10.2 Å². The molecule has 0 bridgehead atoms. The average molecular weight is 500 g/mol. The van der Waals surface area contributed by atoms with Crippen molar-refractivity contribution in [2.45, 2.75) is 90.8 Å². The van der Waals surface area contributed by atoms with Crippen LogP contribution in [-0.2, 0) is 19.2 Å². The molecule has 0 aromatic heterocycles. The lowest BCUT2D eigenvalue weighted by molar-refractivity contribution is -0.144. The van der Waals surface area contributed by atoms with Gasteiger partial charge in [-0.2, -0.15) is 0 Å². The van der Waals surface area contributed by atoms with Gasteiger partial charge in [0, 0.05) is 31.3 Å². The number of rotatable bonds is 13. The van der Waals surface area contributed by atoms with Crippen LogP contribution in [-0.4, -0.2) is 58.2 Å². The van der Waals surface area contributed by atoms with E-state index in [-0.39, 0.29) is 37.1 Å². The molecule has 2 rings (SSSR count). The number of aliphatic hydroxyl groups is 1. The van der Waals surface area contributed by atoms with Crippen LogP contribution in [0.1, 0.15) is 76.8 Å². The predicted octanol–water partition coefficient (Wildman–Crippen LogP) is 2.90. The van der Waals surface area contributed by atoms with Crippen molar-refractivity contribution >= 4 is 29.1 Å². The third-order valence-electron chi connectivity index (χ3n) is 6.72. The topological polar surface area (TPSA) is 130 Å². The van der Waals surface area contributed by atoms with Gasteiger partial charge in [-0.15, -0.1) is 0 Å². The Labute approximate surface area is 214 Å². The van der Waals surface area contributed by atoms with Gasteiger partial charge in [0.05, 0.1) is 6.10 Å². The Bertz CT molecular complexity index is 956. The van der Waals surface area contributed by atoms with E-state index in [4.69, 9.17) is 5.73 Å². The van der Waals surface area contributed by atoms with Gasteiger partial charge in [-0.1, -0.05) is 49.6 Å². The second-order valence-electron chi connectivity index (χ2n) is 9.95. The normalized spacial score (nSPS) is 19.6. The summed E-state index contributed by atoms with van der Waals surface area (Å²) in [5, 5.41) is 13.3. The maximum Gasteiger partial charge on any atom is 0.245 e. The van der Waals surface area contributed by atoms with E-state index >= 15 is 0 Å². The zero-order valence-electron chi connectivity index (χ0n) is 22.0. The van der Waals surface area contributed by atoms with Crippen molar-refractivity contribution < 1.29 is 24.3 Å². The number of aliphatic hydroxyl groups excluding tert-OH is 1. The lowest BCUT2D eigenvalue weighted by Gasteiger charge is -2.30. The minimum atomic E-state index is -1.02. The molecule has 8 nitrogen and oxygen atoms in total. The molecule has 8 heteroatoms. The third kappa shape index (κ3) is 8.59. The highest BCUT2D eigenvalue weighted by Gasteiger charge is 2.43. The molecule has 0 spiro atoms. The third-order valence-corrected chi connectivity index (χ3v) is 6.72. The lowest BCUT2D eigenvalue weighted by atomic mass is 9.93. The summed E-state index contributed by atoms with van der Waals surface area (Å²) in [6.45, 7) is 7.90. The highest BCUT2D eigenvalue weighted by molar-refractivity contribution is 5.99. The van der Waals surface area contributed by atoms with Crippen LogP contribution in [0.25, 0.3) is 5.57 Å². The Morgan fingerprint density at radius 2 is 1.86 bits per heavy atom. The van der Waals surface area contributed by atoms with Gasteiger partial charge in [-0.3, -0.25) is 19.2 Å². The number of primary amides is 1.